The molecule has 15 heavy (non-hydrogen) atoms. The minimum absolute atomic E-state index is 0.304. The predicted molar refractivity (Wildman–Crippen MR) is 61.0 cm³/mol. The monoisotopic (exact) mass is 313 g/mol. The number of nitriles is 1. The van der Waals surface area contributed by atoms with Gasteiger partial charge in [0.2, 0.25) is 0 Å². The normalized spacial score (nSPS) is 9.93. The first kappa shape index (κ1) is 10.1. The summed E-state index contributed by atoms with van der Waals surface area (Å²) in [4.78, 5) is 0. The molecule has 1 aromatic carbocycles. The van der Waals surface area contributed by atoms with Crippen molar-refractivity contribution in [3.05, 3.63) is 45.5 Å². The topological polar surface area (TPSA) is 41.6 Å². The summed E-state index contributed by atoms with van der Waals surface area (Å²) in [5.41, 5.74) is 0.648. The van der Waals surface area contributed by atoms with Crippen LogP contribution in [0.2, 0.25) is 0 Å². The summed E-state index contributed by atoms with van der Waals surface area (Å²) >= 11 is 2.10. The zero-order valence-corrected chi connectivity index (χ0v) is 9.64. The average Bonchev–Trinajstić information content (AvgIpc) is 2.64. The Morgan fingerprint density at radius 3 is 2.80 bits per heavy atom. The highest BCUT2D eigenvalue weighted by molar-refractivity contribution is 14.1. The summed E-state index contributed by atoms with van der Waals surface area (Å²) in [6.45, 7) is 0. The molecule has 2 rings (SSSR count). The second-order valence-corrected chi connectivity index (χ2v) is 4.13. The summed E-state index contributed by atoms with van der Waals surface area (Å²) in [5, 5.41) is 12.6. The number of benzene rings is 1. The highest BCUT2D eigenvalue weighted by Gasteiger charge is 2.06. The Morgan fingerprint density at radius 2 is 2.27 bits per heavy atom. The lowest BCUT2D eigenvalue weighted by molar-refractivity contribution is 0.610. The number of halogens is 2. The van der Waals surface area contributed by atoms with Crippen LogP contribution in [0.4, 0.5) is 4.39 Å². The van der Waals surface area contributed by atoms with E-state index in [0.717, 1.165) is 3.57 Å². The van der Waals surface area contributed by atoms with E-state index in [9.17, 15) is 4.39 Å². The van der Waals surface area contributed by atoms with Crippen LogP contribution >= 0.6 is 22.6 Å². The number of hydrogen-bond acceptors (Lipinski definition) is 2. The van der Waals surface area contributed by atoms with Crippen molar-refractivity contribution in [3.63, 3.8) is 0 Å². The van der Waals surface area contributed by atoms with Crippen molar-refractivity contribution < 1.29 is 4.39 Å². The van der Waals surface area contributed by atoms with Crippen LogP contribution in [0.5, 0.6) is 0 Å². The summed E-state index contributed by atoms with van der Waals surface area (Å²) in [5.74, 6) is -0.450. The van der Waals surface area contributed by atoms with Gasteiger partial charge in [-0.05, 0) is 40.8 Å². The number of hydrogen-bond donors (Lipinski definition) is 0. The number of rotatable bonds is 1. The van der Waals surface area contributed by atoms with E-state index in [1.807, 2.05) is 6.07 Å². The summed E-state index contributed by atoms with van der Waals surface area (Å²) < 4.78 is 15.9. The molecule has 0 bridgehead atoms. The van der Waals surface area contributed by atoms with Crippen molar-refractivity contribution in [1.29, 1.82) is 5.26 Å². The maximum absolute atomic E-state index is 13.5. The molecule has 5 heteroatoms. The highest BCUT2D eigenvalue weighted by atomic mass is 127. The van der Waals surface area contributed by atoms with Crippen LogP contribution in [-0.2, 0) is 0 Å². The number of nitrogens with zero attached hydrogens (tertiary/aromatic N) is 3. The van der Waals surface area contributed by atoms with E-state index in [1.165, 1.54) is 16.8 Å². The molecule has 3 nitrogen and oxygen atoms in total. The maximum atomic E-state index is 13.5. The lowest BCUT2D eigenvalue weighted by Gasteiger charge is -2.02. The van der Waals surface area contributed by atoms with Gasteiger partial charge in [-0.15, -0.1) is 0 Å². The van der Waals surface area contributed by atoms with Crippen LogP contribution in [0.15, 0.2) is 30.6 Å². The Kier molecular flexibility index (Phi) is 2.68. The molecule has 0 radical (unpaired) electrons. The van der Waals surface area contributed by atoms with Crippen LogP contribution < -0.4 is 0 Å². The van der Waals surface area contributed by atoms with Crippen molar-refractivity contribution in [2.45, 2.75) is 0 Å². The standard InChI is InChI=1S/C10H5FIN3/c11-9-3-7(4-13)1-2-10(9)15-6-8(12)5-14-15/h1-3,5-6H. The van der Waals surface area contributed by atoms with Gasteiger partial charge >= 0.3 is 0 Å². The van der Waals surface area contributed by atoms with Gasteiger partial charge in [0.1, 0.15) is 11.5 Å². The van der Waals surface area contributed by atoms with Gasteiger partial charge in [-0.25, -0.2) is 9.07 Å². The van der Waals surface area contributed by atoms with Crippen molar-refractivity contribution in [2.75, 3.05) is 0 Å². The molecule has 0 aliphatic carbocycles. The first-order chi connectivity index (χ1) is 7.20. The lowest BCUT2D eigenvalue weighted by atomic mass is 10.2. The van der Waals surface area contributed by atoms with Gasteiger partial charge in [0, 0.05) is 6.20 Å². The van der Waals surface area contributed by atoms with E-state index < -0.39 is 5.82 Å². The molecule has 0 spiro atoms. The Hall–Kier alpha value is -1.42. The molecular formula is C10H5FIN3. The fourth-order valence-electron chi connectivity index (χ4n) is 1.19. The Morgan fingerprint density at radius 1 is 1.47 bits per heavy atom. The van der Waals surface area contributed by atoms with Gasteiger partial charge < -0.3 is 0 Å². The van der Waals surface area contributed by atoms with E-state index in [4.69, 9.17) is 5.26 Å². The van der Waals surface area contributed by atoms with Gasteiger partial charge in [-0.2, -0.15) is 10.4 Å². The minimum Gasteiger partial charge on any atom is -0.237 e. The third-order valence-corrected chi connectivity index (χ3v) is 2.43. The smallest absolute Gasteiger partial charge is 0.150 e. The molecule has 0 N–H and O–H groups in total. The molecule has 0 saturated carbocycles. The molecule has 74 valence electrons. The molecule has 0 fully saturated rings. The SMILES string of the molecule is N#Cc1ccc(-n2cc(I)cn2)c(F)c1. The van der Waals surface area contributed by atoms with Gasteiger partial charge in [-0.1, -0.05) is 0 Å². The first-order valence-corrected chi connectivity index (χ1v) is 5.19. The fourth-order valence-corrected chi connectivity index (χ4v) is 1.58. The molecule has 0 unspecified atom stereocenters. The van der Waals surface area contributed by atoms with E-state index in [1.54, 1.807) is 18.5 Å². The van der Waals surface area contributed by atoms with Crippen LogP contribution in [0, 0.1) is 20.7 Å². The third kappa shape index (κ3) is 1.99. The zero-order chi connectivity index (χ0) is 10.8. The van der Waals surface area contributed by atoms with E-state index >= 15 is 0 Å². The summed E-state index contributed by atoms with van der Waals surface area (Å²) in [7, 11) is 0. The molecule has 0 aliphatic rings. The van der Waals surface area contributed by atoms with Crippen LogP contribution in [0.1, 0.15) is 5.56 Å². The third-order valence-electron chi connectivity index (χ3n) is 1.87. The predicted octanol–water partition coefficient (Wildman–Crippen LogP) is 2.49. The average molecular weight is 313 g/mol. The molecule has 1 heterocycles. The second-order valence-electron chi connectivity index (χ2n) is 2.88. The van der Waals surface area contributed by atoms with Crippen molar-refractivity contribution >= 4 is 22.6 Å². The maximum Gasteiger partial charge on any atom is 0.150 e. The van der Waals surface area contributed by atoms with Crippen molar-refractivity contribution in [2.24, 2.45) is 0 Å². The van der Waals surface area contributed by atoms with E-state index in [0.29, 0.717) is 11.3 Å². The van der Waals surface area contributed by atoms with Crippen LogP contribution in [0.25, 0.3) is 5.69 Å². The Labute approximate surface area is 99.3 Å². The molecule has 0 aliphatic heterocycles. The first-order valence-electron chi connectivity index (χ1n) is 4.11. The van der Waals surface area contributed by atoms with Gasteiger partial charge in [-0.3, -0.25) is 0 Å². The highest BCUT2D eigenvalue weighted by Crippen LogP contribution is 2.15. The van der Waals surface area contributed by atoms with Crippen molar-refractivity contribution in [3.8, 4) is 11.8 Å². The van der Waals surface area contributed by atoms with Crippen molar-refractivity contribution in [1.82, 2.24) is 9.78 Å². The van der Waals surface area contributed by atoms with Gasteiger partial charge in [0.25, 0.3) is 0 Å². The molecule has 2 aromatic rings. The lowest BCUT2D eigenvalue weighted by Crippen LogP contribution is -1.98. The summed E-state index contributed by atoms with van der Waals surface area (Å²) in [6.07, 6.45) is 3.35. The van der Waals surface area contributed by atoms with Gasteiger partial charge in [0.05, 0.1) is 21.4 Å². The van der Waals surface area contributed by atoms with Crippen LogP contribution in [0.3, 0.4) is 0 Å². The Balaban J connectivity index is 2.51. The fraction of sp³-hybridized carbons (Fsp3) is 0. The largest absolute Gasteiger partial charge is 0.237 e. The quantitative estimate of drug-likeness (QED) is 0.759. The van der Waals surface area contributed by atoms with E-state index in [2.05, 4.69) is 27.7 Å². The Bertz CT molecular complexity index is 542. The van der Waals surface area contributed by atoms with Gasteiger partial charge in [0.15, 0.2) is 0 Å². The second kappa shape index (κ2) is 3.98. The molecule has 0 saturated heterocycles. The van der Waals surface area contributed by atoms with Crippen LogP contribution in [-0.4, -0.2) is 9.78 Å². The summed E-state index contributed by atoms with van der Waals surface area (Å²) in [6, 6.07) is 6.18. The zero-order valence-electron chi connectivity index (χ0n) is 7.48. The molecule has 1 aromatic heterocycles. The molecular weight excluding hydrogens is 308 g/mol. The molecule has 0 atom stereocenters. The van der Waals surface area contributed by atoms with E-state index in [-0.39, 0.29) is 0 Å². The number of aromatic nitrogens is 2. The minimum atomic E-state index is -0.450. The molecule has 0 amide bonds.